The average molecular weight is 342 g/mol. The number of fused-ring (bicyclic) bond motifs is 1. The van der Waals surface area contributed by atoms with Crippen molar-refractivity contribution in [2.75, 3.05) is 0 Å². The molecular weight excluding hydrogens is 320 g/mol. The molecule has 0 aliphatic heterocycles. The van der Waals surface area contributed by atoms with Gasteiger partial charge in [-0.15, -0.1) is 0 Å². The third kappa shape index (κ3) is 2.73. The van der Waals surface area contributed by atoms with Gasteiger partial charge in [-0.25, -0.2) is 9.48 Å². The minimum Gasteiger partial charge on any atom is -0.299 e. The number of H-pyrrole nitrogens is 1. The van der Waals surface area contributed by atoms with Gasteiger partial charge >= 0.3 is 5.69 Å². The third-order valence-corrected chi connectivity index (χ3v) is 4.26. The van der Waals surface area contributed by atoms with E-state index in [4.69, 9.17) is 0 Å². The van der Waals surface area contributed by atoms with E-state index in [1.54, 1.807) is 16.3 Å². The van der Waals surface area contributed by atoms with Gasteiger partial charge in [-0.1, -0.05) is 26.0 Å². The van der Waals surface area contributed by atoms with E-state index in [1.165, 1.54) is 4.57 Å². The van der Waals surface area contributed by atoms with Gasteiger partial charge in [-0.2, -0.15) is 10.1 Å². The minimum absolute atomic E-state index is 0.351. The van der Waals surface area contributed by atoms with Gasteiger partial charge in [0.15, 0.2) is 11.2 Å². The highest BCUT2D eigenvalue weighted by Gasteiger charge is 2.20. The molecule has 0 aliphatic carbocycles. The molecule has 1 N–H and O–H groups in total. The zero-order valence-electron chi connectivity index (χ0n) is 14.9. The van der Waals surface area contributed by atoms with Crippen LogP contribution in [0.3, 0.4) is 0 Å². The first-order valence-electron chi connectivity index (χ1n) is 8.40. The summed E-state index contributed by atoms with van der Waals surface area (Å²) in [5, 5.41) is 4.63. The molecule has 0 atom stereocenters. The normalized spacial score (nSPS) is 11.8. The molecule has 0 aliphatic rings. The van der Waals surface area contributed by atoms with E-state index in [-0.39, 0.29) is 0 Å². The Bertz CT molecular complexity index is 1060. The third-order valence-electron chi connectivity index (χ3n) is 4.26. The molecule has 8 heteroatoms. The first-order chi connectivity index (χ1) is 12.0. The zero-order chi connectivity index (χ0) is 18.1. The lowest BCUT2D eigenvalue weighted by Gasteiger charge is -2.08. The topological polar surface area (TPSA) is 90.5 Å². The lowest BCUT2D eigenvalue weighted by atomic mass is 10.3. The van der Waals surface area contributed by atoms with Gasteiger partial charge in [0.2, 0.25) is 5.95 Å². The SMILES string of the molecule is CC=CCn1c(-n2nc(CC)cc2CC)nc2c1c(=O)[nH]c(=O)n2C. The van der Waals surface area contributed by atoms with E-state index < -0.39 is 11.2 Å². The maximum atomic E-state index is 12.4. The summed E-state index contributed by atoms with van der Waals surface area (Å²) in [7, 11) is 1.60. The molecule has 0 radical (unpaired) electrons. The number of nitrogens with zero attached hydrogens (tertiary/aromatic N) is 5. The largest absolute Gasteiger partial charge is 0.329 e. The fraction of sp³-hybridized carbons (Fsp3) is 0.412. The molecule has 0 fully saturated rings. The molecule has 3 aromatic heterocycles. The summed E-state index contributed by atoms with van der Waals surface area (Å²) in [5.74, 6) is 0.538. The van der Waals surface area contributed by atoms with Crippen LogP contribution < -0.4 is 11.2 Å². The van der Waals surface area contributed by atoms with Gasteiger partial charge in [0.05, 0.1) is 5.69 Å². The van der Waals surface area contributed by atoms with Gasteiger partial charge in [-0.3, -0.25) is 18.9 Å². The molecule has 3 rings (SSSR count). The number of aromatic nitrogens is 6. The van der Waals surface area contributed by atoms with Gasteiger partial charge in [0, 0.05) is 19.3 Å². The number of imidazole rings is 1. The Morgan fingerprint density at radius 1 is 1.24 bits per heavy atom. The zero-order valence-corrected chi connectivity index (χ0v) is 14.9. The van der Waals surface area contributed by atoms with Gasteiger partial charge in [0.25, 0.3) is 5.56 Å². The van der Waals surface area contributed by atoms with E-state index in [0.717, 1.165) is 24.2 Å². The molecule has 0 saturated heterocycles. The van der Waals surface area contributed by atoms with Crippen LogP contribution in [0.5, 0.6) is 0 Å². The van der Waals surface area contributed by atoms with Crippen molar-refractivity contribution < 1.29 is 0 Å². The highest BCUT2D eigenvalue weighted by molar-refractivity contribution is 5.72. The Hall–Kier alpha value is -2.90. The van der Waals surface area contributed by atoms with Crippen molar-refractivity contribution in [1.82, 2.24) is 28.9 Å². The summed E-state index contributed by atoms with van der Waals surface area (Å²) in [6, 6.07) is 2.04. The average Bonchev–Trinajstić information content (AvgIpc) is 3.18. The molecular formula is C17H22N6O2. The van der Waals surface area contributed by atoms with Crippen molar-refractivity contribution >= 4 is 11.2 Å². The fourth-order valence-corrected chi connectivity index (χ4v) is 2.84. The van der Waals surface area contributed by atoms with E-state index in [0.29, 0.717) is 23.7 Å². The molecule has 0 aromatic carbocycles. The predicted octanol–water partition coefficient (Wildman–Crippen LogP) is 1.31. The summed E-state index contributed by atoms with van der Waals surface area (Å²) in [6.45, 7) is 6.48. The van der Waals surface area contributed by atoms with Crippen molar-refractivity contribution in [2.45, 2.75) is 40.2 Å². The van der Waals surface area contributed by atoms with Crippen LogP contribution in [0.1, 0.15) is 32.2 Å². The van der Waals surface area contributed by atoms with Crippen molar-refractivity contribution in [3.63, 3.8) is 0 Å². The molecule has 0 unspecified atom stereocenters. The Balaban J connectivity index is 2.40. The maximum absolute atomic E-state index is 12.4. The van der Waals surface area contributed by atoms with Crippen LogP contribution in [0.25, 0.3) is 17.1 Å². The lowest BCUT2D eigenvalue weighted by molar-refractivity contribution is 0.693. The summed E-state index contributed by atoms with van der Waals surface area (Å²) in [4.78, 5) is 31.3. The van der Waals surface area contributed by atoms with Gasteiger partial charge in [0.1, 0.15) is 0 Å². The van der Waals surface area contributed by atoms with Crippen molar-refractivity contribution in [2.24, 2.45) is 7.05 Å². The number of nitrogens with one attached hydrogen (secondary N) is 1. The van der Waals surface area contributed by atoms with Gasteiger partial charge in [-0.05, 0) is 25.8 Å². The Labute approximate surface area is 144 Å². The number of hydrogen-bond donors (Lipinski definition) is 1. The Morgan fingerprint density at radius 2 is 2.00 bits per heavy atom. The second kappa shape index (κ2) is 6.54. The standard InChI is InChI=1S/C17H22N6O2/c1-5-8-9-22-13-14(21(4)17(25)19-15(13)24)18-16(22)23-12(7-3)10-11(6-2)20-23/h5,8,10H,6-7,9H2,1-4H3,(H,19,24,25). The van der Waals surface area contributed by atoms with E-state index in [9.17, 15) is 9.59 Å². The van der Waals surface area contributed by atoms with Gasteiger partial charge < -0.3 is 0 Å². The summed E-state index contributed by atoms with van der Waals surface area (Å²) in [6.07, 6.45) is 5.45. The summed E-state index contributed by atoms with van der Waals surface area (Å²) < 4.78 is 4.91. The molecule has 0 spiro atoms. The number of aromatic amines is 1. The number of rotatable bonds is 5. The Kier molecular flexibility index (Phi) is 4.43. The first kappa shape index (κ1) is 16.9. The highest BCUT2D eigenvalue weighted by atomic mass is 16.2. The molecule has 0 amide bonds. The first-order valence-corrected chi connectivity index (χ1v) is 8.40. The summed E-state index contributed by atoms with van der Waals surface area (Å²) in [5.41, 5.74) is 1.77. The Morgan fingerprint density at radius 3 is 2.64 bits per heavy atom. The van der Waals surface area contributed by atoms with Crippen LogP contribution in [-0.4, -0.2) is 28.9 Å². The number of allylic oxidation sites excluding steroid dienone is 2. The quantitative estimate of drug-likeness (QED) is 0.708. The van der Waals surface area contributed by atoms with E-state index in [1.807, 2.05) is 32.1 Å². The molecule has 25 heavy (non-hydrogen) atoms. The second-order valence-corrected chi connectivity index (χ2v) is 5.83. The van der Waals surface area contributed by atoms with Crippen molar-refractivity contribution in [3.8, 4) is 5.95 Å². The van der Waals surface area contributed by atoms with Crippen LogP contribution in [0, 0.1) is 0 Å². The molecule has 3 aromatic rings. The fourth-order valence-electron chi connectivity index (χ4n) is 2.84. The molecule has 0 bridgehead atoms. The monoisotopic (exact) mass is 342 g/mol. The summed E-state index contributed by atoms with van der Waals surface area (Å²) >= 11 is 0. The lowest BCUT2D eigenvalue weighted by Crippen LogP contribution is -2.29. The number of hydrogen-bond acceptors (Lipinski definition) is 4. The van der Waals surface area contributed by atoms with E-state index >= 15 is 0 Å². The highest BCUT2D eigenvalue weighted by Crippen LogP contribution is 2.18. The van der Waals surface area contributed by atoms with Crippen LogP contribution in [0.15, 0.2) is 27.8 Å². The minimum atomic E-state index is -0.481. The van der Waals surface area contributed by atoms with Crippen LogP contribution in [-0.2, 0) is 26.4 Å². The van der Waals surface area contributed by atoms with Crippen LogP contribution in [0.4, 0.5) is 0 Å². The molecule has 0 saturated carbocycles. The molecule has 132 valence electrons. The number of aryl methyl sites for hydroxylation is 3. The molecule has 8 nitrogen and oxygen atoms in total. The predicted molar refractivity (Wildman–Crippen MR) is 96.3 cm³/mol. The smallest absolute Gasteiger partial charge is 0.299 e. The maximum Gasteiger partial charge on any atom is 0.329 e. The second-order valence-electron chi connectivity index (χ2n) is 5.83. The van der Waals surface area contributed by atoms with Crippen LogP contribution in [0.2, 0.25) is 0 Å². The van der Waals surface area contributed by atoms with E-state index in [2.05, 4.69) is 22.0 Å². The van der Waals surface area contributed by atoms with Crippen molar-refractivity contribution in [1.29, 1.82) is 0 Å². The van der Waals surface area contributed by atoms with Crippen molar-refractivity contribution in [3.05, 3.63) is 50.4 Å². The van der Waals surface area contributed by atoms with Crippen LogP contribution >= 0.6 is 0 Å². The molecule has 3 heterocycles.